The Labute approximate surface area is 168 Å². The predicted molar refractivity (Wildman–Crippen MR) is 109 cm³/mol. The molecular weight excluding hydrogens is 376 g/mol. The number of hydrogen-bond donors (Lipinski definition) is 2. The third-order valence-corrected chi connectivity index (χ3v) is 5.96. The number of fused-ring (bicyclic) bond motifs is 1. The lowest BCUT2D eigenvalue weighted by Gasteiger charge is -2.29. The van der Waals surface area contributed by atoms with Gasteiger partial charge in [0.2, 0.25) is 0 Å². The Morgan fingerprint density at radius 2 is 2.00 bits per heavy atom. The molecule has 6 nitrogen and oxygen atoms in total. The van der Waals surface area contributed by atoms with Gasteiger partial charge in [-0.3, -0.25) is 4.98 Å². The maximum Gasteiger partial charge on any atom is 0.138 e. The highest BCUT2D eigenvalue weighted by Crippen LogP contribution is 2.34. The molecule has 2 saturated heterocycles. The van der Waals surface area contributed by atoms with Crippen molar-refractivity contribution in [2.45, 2.75) is 24.8 Å². The van der Waals surface area contributed by atoms with Crippen molar-refractivity contribution in [1.82, 2.24) is 20.3 Å². The van der Waals surface area contributed by atoms with Gasteiger partial charge >= 0.3 is 0 Å². The lowest BCUT2D eigenvalue weighted by molar-refractivity contribution is 0.0727. The first-order valence-electron chi connectivity index (χ1n) is 9.82. The molecule has 2 aliphatic heterocycles. The molecule has 0 radical (unpaired) electrons. The molecule has 0 amide bonds. The van der Waals surface area contributed by atoms with Crippen LogP contribution in [0.1, 0.15) is 36.1 Å². The number of halogens is 1. The van der Waals surface area contributed by atoms with E-state index in [4.69, 9.17) is 26.1 Å². The van der Waals surface area contributed by atoms with E-state index in [1.807, 2.05) is 12.3 Å². The molecule has 0 spiro atoms. The lowest BCUT2D eigenvalue weighted by atomic mass is 9.88. The number of aromatic amines is 1. The van der Waals surface area contributed by atoms with E-state index in [-0.39, 0.29) is 6.04 Å². The van der Waals surface area contributed by atoms with Crippen LogP contribution in [-0.2, 0) is 9.47 Å². The number of rotatable bonds is 3. The van der Waals surface area contributed by atoms with Gasteiger partial charge in [-0.2, -0.15) is 0 Å². The molecule has 0 bridgehead atoms. The summed E-state index contributed by atoms with van der Waals surface area (Å²) < 4.78 is 11.3. The van der Waals surface area contributed by atoms with Gasteiger partial charge in [0.1, 0.15) is 5.65 Å². The van der Waals surface area contributed by atoms with Gasteiger partial charge < -0.3 is 19.8 Å². The van der Waals surface area contributed by atoms with Crippen molar-refractivity contribution in [1.29, 1.82) is 0 Å². The molecule has 0 saturated carbocycles. The quantitative estimate of drug-likeness (QED) is 0.701. The van der Waals surface area contributed by atoms with Crippen LogP contribution in [0, 0.1) is 0 Å². The molecule has 2 N–H and O–H groups in total. The monoisotopic (exact) mass is 398 g/mol. The molecular formula is C21H23ClN4O2. The van der Waals surface area contributed by atoms with Crippen LogP contribution >= 0.6 is 11.6 Å². The number of aromatic nitrogens is 3. The Hall–Kier alpha value is -1.99. The van der Waals surface area contributed by atoms with E-state index in [0.717, 1.165) is 67.2 Å². The van der Waals surface area contributed by atoms with Crippen LogP contribution in [0.15, 0.2) is 30.6 Å². The molecule has 1 atom stereocenters. The fraction of sp³-hybridized carbons (Fsp3) is 0.429. The fourth-order valence-corrected chi connectivity index (χ4v) is 4.33. The number of hydrogen-bond acceptors (Lipinski definition) is 5. The number of H-pyrrole nitrogens is 1. The summed E-state index contributed by atoms with van der Waals surface area (Å²) in [5, 5.41) is 5.15. The molecule has 3 aromatic heterocycles. The second-order valence-electron chi connectivity index (χ2n) is 7.40. The molecule has 28 heavy (non-hydrogen) atoms. The Morgan fingerprint density at radius 1 is 1.11 bits per heavy atom. The van der Waals surface area contributed by atoms with Crippen molar-refractivity contribution in [2.75, 3.05) is 33.0 Å². The third-order valence-electron chi connectivity index (χ3n) is 5.65. The SMILES string of the molecule is Clc1c[nH]c2ncc(-c3ccc(C4CCOCC4)c([C@H]4COCCN4)n3)cc12. The summed E-state index contributed by atoms with van der Waals surface area (Å²) in [6, 6.07) is 6.49. The van der Waals surface area contributed by atoms with E-state index < -0.39 is 0 Å². The molecule has 5 rings (SSSR count). The van der Waals surface area contributed by atoms with Gasteiger partial charge in [-0.1, -0.05) is 17.7 Å². The van der Waals surface area contributed by atoms with Crippen LogP contribution < -0.4 is 5.32 Å². The zero-order chi connectivity index (χ0) is 18.9. The highest BCUT2D eigenvalue weighted by atomic mass is 35.5. The number of pyridine rings is 2. The van der Waals surface area contributed by atoms with Crippen molar-refractivity contribution < 1.29 is 9.47 Å². The van der Waals surface area contributed by atoms with E-state index in [1.54, 1.807) is 6.20 Å². The first-order chi connectivity index (χ1) is 13.8. The largest absolute Gasteiger partial charge is 0.381 e. The van der Waals surface area contributed by atoms with E-state index in [1.165, 1.54) is 5.56 Å². The number of ether oxygens (including phenoxy) is 2. The van der Waals surface area contributed by atoms with Crippen molar-refractivity contribution in [3.63, 3.8) is 0 Å². The first-order valence-corrected chi connectivity index (χ1v) is 10.2. The van der Waals surface area contributed by atoms with Crippen LogP contribution in [0.3, 0.4) is 0 Å². The smallest absolute Gasteiger partial charge is 0.138 e. The van der Waals surface area contributed by atoms with Crippen LogP contribution in [0.2, 0.25) is 5.02 Å². The van der Waals surface area contributed by atoms with Gasteiger partial charge in [0.05, 0.1) is 35.7 Å². The molecule has 0 unspecified atom stereocenters. The molecule has 3 aromatic rings. The Bertz CT molecular complexity index is 978. The van der Waals surface area contributed by atoms with E-state index in [9.17, 15) is 0 Å². The van der Waals surface area contributed by atoms with Gasteiger partial charge in [-0.25, -0.2) is 4.98 Å². The van der Waals surface area contributed by atoms with Crippen molar-refractivity contribution in [3.8, 4) is 11.3 Å². The average Bonchev–Trinajstić information content (AvgIpc) is 3.15. The van der Waals surface area contributed by atoms with Crippen molar-refractivity contribution in [2.24, 2.45) is 0 Å². The summed E-state index contributed by atoms with van der Waals surface area (Å²) >= 11 is 6.28. The van der Waals surface area contributed by atoms with E-state index in [0.29, 0.717) is 17.5 Å². The molecule has 0 aliphatic carbocycles. The minimum absolute atomic E-state index is 0.110. The third kappa shape index (κ3) is 3.42. The summed E-state index contributed by atoms with van der Waals surface area (Å²) in [4.78, 5) is 12.7. The van der Waals surface area contributed by atoms with Crippen LogP contribution in [0.5, 0.6) is 0 Å². The molecule has 7 heteroatoms. The molecule has 2 fully saturated rings. The summed E-state index contributed by atoms with van der Waals surface area (Å²) in [5.74, 6) is 0.480. The highest BCUT2D eigenvalue weighted by Gasteiger charge is 2.26. The minimum Gasteiger partial charge on any atom is -0.381 e. The standard InChI is InChI=1S/C21H23ClN4O2/c22-17-11-25-21-16(17)9-14(10-24-21)18-2-1-15(13-3-6-27-7-4-13)20(26-18)19-12-28-8-5-23-19/h1-2,9-11,13,19,23H,3-8,12H2,(H,24,25)/t19-/m1/s1. The maximum atomic E-state index is 6.28. The van der Waals surface area contributed by atoms with E-state index in [2.05, 4.69) is 27.4 Å². The molecule has 5 heterocycles. The second-order valence-corrected chi connectivity index (χ2v) is 7.80. The molecule has 146 valence electrons. The zero-order valence-corrected chi connectivity index (χ0v) is 16.3. The van der Waals surface area contributed by atoms with E-state index >= 15 is 0 Å². The summed E-state index contributed by atoms with van der Waals surface area (Å²) in [7, 11) is 0. The van der Waals surface area contributed by atoms with Gasteiger partial charge in [0.15, 0.2) is 0 Å². The summed E-state index contributed by atoms with van der Waals surface area (Å²) in [6.07, 6.45) is 5.68. The Balaban J connectivity index is 1.57. The normalized spacial score (nSPS) is 21.2. The first kappa shape index (κ1) is 18.1. The zero-order valence-electron chi connectivity index (χ0n) is 15.6. The van der Waals surface area contributed by atoms with Gasteiger partial charge in [-0.05, 0) is 36.5 Å². The average molecular weight is 399 g/mol. The lowest BCUT2D eigenvalue weighted by Crippen LogP contribution is -2.36. The van der Waals surface area contributed by atoms with Crippen LogP contribution in [-0.4, -0.2) is 47.9 Å². The minimum atomic E-state index is 0.110. The fourth-order valence-electron chi connectivity index (χ4n) is 4.13. The van der Waals surface area contributed by atoms with Crippen molar-refractivity contribution >= 4 is 22.6 Å². The Morgan fingerprint density at radius 3 is 2.82 bits per heavy atom. The van der Waals surface area contributed by atoms with Crippen LogP contribution in [0.25, 0.3) is 22.3 Å². The topological polar surface area (TPSA) is 72.1 Å². The number of nitrogens with zero attached hydrogens (tertiary/aromatic N) is 2. The van der Waals surface area contributed by atoms with Gasteiger partial charge in [0.25, 0.3) is 0 Å². The highest BCUT2D eigenvalue weighted by molar-refractivity contribution is 6.35. The van der Waals surface area contributed by atoms with Crippen LogP contribution in [0.4, 0.5) is 0 Å². The second kappa shape index (κ2) is 7.79. The summed E-state index contributed by atoms with van der Waals surface area (Å²) in [6.45, 7) is 3.86. The number of nitrogens with one attached hydrogen (secondary N) is 2. The van der Waals surface area contributed by atoms with Gasteiger partial charge in [0, 0.05) is 43.1 Å². The Kier molecular flexibility index (Phi) is 5.03. The molecule has 0 aromatic carbocycles. The van der Waals surface area contributed by atoms with Crippen molar-refractivity contribution in [3.05, 3.63) is 46.9 Å². The number of morpholine rings is 1. The molecule has 2 aliphatic rings. The maximum absolute atomic E-state index is 6.28. The van der Waals surface area contributed by atoms with Gasteiger partial charge in [-0.15, -0.1) is 0 Å². The summed E-state index contributed by atoms with van der Waals surface area (Å²) in [5.41, 5.74) is 5.05. The predicted octanol–water partition coefficient (Wildman–Crippen LogP) is 3.83.